The summed E-state index contributed by atoms with van der Waals surface area (Å²) in [6.45, 7) is -2.66. The Morgan fingerprint density at radius 3 is 2.74 bits per heavy atom. The number of alkyl halides is 2. The molecule has 0 N–H and O–H groups in total. The highest BCUT2D eigenvalue weighted by Crippen LogP contribution is 2.29. The van der Waals surface area contributed by atoms with E-state index in [1.165, 1.54) is 27.9 Å². The third kappa shape index (κ3) is 2.73. The van der Waals surface area contributed by atoms with Gasteiger partial charge in [0.2, 0.25) is 5.91 Å². The number of carbonyl (C=O) groups is 1. The van der Waals surface area contributed by atoms with Gasteiger partial charge in [-0.3, -0.25) is 19.1 Å². The molecule has 27 heavy (non-hydrogen) atoms. The van der Waals surface area contributed by atoms with Crippen molar-refractivity contribution in [3.05, 3.63) is 47.1 Å². The van der Waals surface area contributed by atoms with Crippen molar-refractivity contribution in [1.29, 1.82) is 5.26 Å². The van der Waals surface area contributed by atoms with Crippen LogP contribution in [0.5, 0.6) is 0 Å². The monoisotopic (exact) mass is 370 g/mol. The highest BCUT2D eigenvalue weighted by molar-refractivity contribution is 6.01. The maximum absolute atomic E-state index is 13.0. The topological polar surface area (TPSA) is 96.3 Å². The lowest BCUT2D eigenvalue weighted by molar-refractivity contribution is -0.119. The molecule has 1 aliphatic rings. The Bertz CT molecular complexity index is 1150. The van der Waals surface area contributed by atoms with Gasteiger partial charge in [-0.25, -0.2) is 9.50 Å². The Kier molecular flexibility index (Phi) is 3.92. The van der Waals surface area contributed by atoms with Gasteiger partial charge in [0.1, 0.15) is 11.4 Å². The molecule has 1 atom stereocenters. The molecule has 0 spiro atoms. The molecule has 3 aromatic heterocycles. The van der Waals surface area contributed by atoms with Crippen LogP contribution < -0.4 is 10.5 Å². The molecule has 136 valence electrons. The SMILES string of the molecule is N#CC1CCN(c2nc(-c3ccc(=O)n(C(F)F)c3)cn3nccc23)C1=O. The van der Waals surface area contributed by atoms with Crippen LogP contribution in [0, 0.1) is 17.2 Å². The van der Waals surface area contributed by atoms with Crippen LogP contribution >= 0.6 is 0 Å². The van der Waals surface area contributed by atoms with E-state index in [1.807, 2.05) is 6.07 Å². The Balaban J connectivity index is 1.87. The molecule has 1 unspecified atom stereocenters. The van der Waals surface area contributed by atoms with Crippen molar-refractivity contribution in [2.75, 3.05) is 11.4 Å². The first-order valence-electron chi connectivity index (χ1n) is 8.05. The smallest absolute Gasteiger partial charge is 0.294 e. The number of amides is 1. The summed E-state index contributed by atoms with van der Waals surface area (Å²) >= 11 is 0. The minimum absolute atomic E-state index is 0.267. The van der Waals surface area contributed by atoms with Crippen LogP contribution in [0.3, 0.4) is 0 Å². The highest BCUT2D eigenvalue weighted by atomic mass is 19.3. The number of halogens is 2. The number of aromatic nitrogens is 4. The summed E-state index contributed by atoms with van der Waals surface area (Å²) in [7, 11) is 0. The van der Waals surface area contributed by atoms with Gasteiger partial charge in [0, 0.05) is 24.4 Å². The predicted octanol–water partition coefficient (Wildman–Crippen LogP) is 1.83. The van der Waals surface area contributed by atoms with Gasteiger partial charge >= 0.3 is 6.55 Å². The van der Waals surface area contributed by atoms with E-state index in [1.54, 1.807) is 6.07 Å². The van der Waals surface area contributed by atoms with Crippen molar-refractivity contribution in [3.8, 4) is 17.3 Å². The minimum Gasteiger partial charge on any atom is -0.294 e. The molecule has 0 radical (unpaired) electrons. The number of fused-ring (bicyclic) bond motifs is 1. The molecular weight excluding hydrogens is 358 g/mol. The van der Waals surface area contributed by atoms with Gasteiger partial charge < -0.3 is 0 Å². The molecule has 1 saturated heterocycles. The van der Waals surface area contributed by atoms with Crippen LogP contribution in [0.2, 0.25) is 0 Å². The molecule has 0 bridgehead atoms. The molecule has 3 aromatic rings. The average molecular weight is 370 g/mol. The number of pyridine rings is 1. The lowest BCUT2D eigenvalue weighted by Gasteiger charge is -2.17. The largest absolute Gasteiger partial charge is 0.321 e. The number of carbonyl (C=O) groups excluding carboxylic acids is 1. The summed E-state index contributed by atoms with van der Waals surface area (Å²) in [6.07, 6.45) is 4.44. The zero-order valence-corrected chi connectivity index (χ0v) is 13.8. The molecule has 1 amide bonds. The van der Waals surface area contributed by atoms with Crippen molar-refractivity contribution in [1.82, 2.24) is 19.2 Å². The number of anilines is 1. The maximum Gasteiger partial charge on any atom is 0.321 e. The second-order valence-electron chi connectivity index (χ2n) is 6.01. The van der Waals surface area contributed by atoms with Crippen LogP contribution in [-0.2, 0) is 4.79 Å². The molecule has 0 aromatic carbocycles. The standard InChI is InChI=1S/C17H12F2N6O2/c18-17(19)24-8-11(1-2-14(24)26)12-9-25-13(3-5-21-25)15(22-12)23-6-4-10(7-20)16(23)27/h1-3,5,8-10,17H,4,6H2. The second kappa shape index (κ2) is 6.28. The van der Waals surface area contributed by atoms with Crippen molar-refractivity contribution < 1.29 is 13.6 Å². The van der Waals surface area contributed by atoms with E-state index in [2.05, 4.69) is 10.1 Å². The van der Waals surface area contributed by atoms with E-state index in [4.69, 9.17) is 5.26 Å². The van der Waals surface area contributed by atoms with Gasteiger partial charge in [0.15, 0.2) is 5.82 Å². The van der Waals surface area contributed by atoms with Gasteiger partial charge in [-0.05, 0) is 18.6 Å². The molecule has 10 heteroatoms. The first kappa shape index (κ1) is 16.8. The summed E-state index contributed by atoms with van der Waals surface area (Å²) in [6, 6.07) is 6.04. The summed E-state index contributed by atoms with van der Waals surface area (Å²) in [5.41, 5.74) is 0.259. The third-order valence-corrected chi connectivity index (χ3v) is 4.43. The number of nitriles is 1. The van der Waals surface area contributed by atoms with Gasteiger partial charge in [-0.1, -0.05) is 0 Å². The molecule has 0 saturated carbocycles. The Hall–Kier alpha value is -3.61. The molecule has 4 rings (SSSR count). The van der Waals surface area contributed by atoms with Crippen LogP contribution in [-0.4, -0.2) is 31.6 Å². The van der Waals surface area contributed by atoms with Crippen molar-refractivity contribution in [2.45, 2.75) is 13.0 Å². The summed E-state index contributed by atoms with van der Waals surface area (Å²) < 4.78 is 27.8. The van der Waals surface area contributed by atoms with Gasteiger partial charge in [-0.15, -0.1) is 0 Å². The third-order valence-electron chi connectivity index (χ3n) is 4.43. The molecule has 1 fully saturated rings. The minimum atomic E-state index is -2.98. The fourth-order valence-electron chi connectivity index (χ4n) is 3.07. The summed E-state index contributed by atoms with van der Waals surface area (Å²) in [5, 5.41) is 13.2. The molecule has 1 aliphatic heterocycles. The lowest BCUT2D eigenvalue weighted by atomic mass is 10.1. The zero-order valence-electron chi connectivity index (χ0n) is 13.8. The van der Waals surface area contributed by atoms with Gasteiger partial charge in [-0.2, -0.15) is 19.1 Å². The first-order valence-corrected chi connectivity index (χ1v) is 8.05. The highest BCUT2D eigenvalue weighted by Gasteiger charge is 2.34. The quantitative estimate of drug-likeness (QED) is 0.701. The van der Waals surface area contributed by atoms with E-state index >= 15 is 0 Å². The zero-order chi connectivity index (χ0) is 19.1. The number of hydrogen-bond acceptors (Lipinski definition) is 5. The Morgan fingerprint density at radius 1 is 1.22 bits per heavy atom. The maximum atomic E-state index is 13.0. The van der Waals surface area contributed by atoms with Gasteiger partial charge in [0.25, 0.3) is 5.56 Å². The van der Waals surface area contributed by atoms with E-state index in [0.29, 0.717) is 28.9 Å². The van der Waals surface area contributed by atoms with E-state index < -0.39 is 18.0 Å². The molecule has 8 nitrogen and oxygen atoms in total. The number of nitrogens with zero attached hydrogens (tertiary/aromatic N) is 6. The summed E-state index contributed by atoms with van der Waals surface area (Å²) in [4.78, 5) is 29.8. The Morgan fingerprint density at radius 2 is 2.04 bits per heavy atom. The average Bonchev–Trinajstić information content (AvgIpc) is 3.27. The van der Waals surface area contributed by atoms with Crippen LogP contribution in [0.1, 0.15) is 13.0 Å². The van der Waals surface area contributed by atoms with E-state index in [-0.39, 0.29) is 17.2 Å². The van der Waals surface area contributed by atoms with Crippen LogP contribution in [0.15, 0.2) is 41.6 Å². The normalized spacial score (nSPS) is 17.0. The Labute approximate surface area is 150 Å². The fraction of sp³-hybridized carbons (Fsp3) is 0.235. The van der Waals surface area contributed by atoms with E-state index in [9.17, 15) is 18.4 Å². The lowest BCUT2D eigenvalue weighted by Crippen LogP contribution is -2.28. The second-order valence-corrected chi connectivity index (χ2v) is 6.01. The van der Waals surface area contributed by atoms with Crippen LogP contribution in [0.4, 0.5) is 14.6 Å². The van der Waals surface area contributed by atoms with Crippen molar-refractivity contribution in [3.63, 3.8) is 0 Å². The predicted molar refractivity (Wildman–Crippen MR) is 90.0 cm³/mol. The van der Waals surface area contributed by atoms with Crippen molar-refractivity contribution in [2.24, 2.45) is 5.92 Å². The van der Waals surface area contributed by atoms with Crippen molar-refractivity contribution >= 4 is 17.2 Å². The summed E-state index contributed by atoms with van der Waals surface area (Å²) in [5.74, 6) is -0.801. The van der Waals surface area contributed by atoms with Crippen LogP contribution in [0.25, 0.3) is 16.8 Å². The molecule has 0 aliphatic carbocycles. The number of rotatable bonds is 3. The fourth-order valence-corrected chi connectivity index (χ4v) is 3.07. The molecule has 4 heterocycles. The molecular formula is C17H12F2N6O2. The first-order chi connectivity index (χ1) is 13.0. The van der Waals surface area contributed by atoms with E-state index in [0.717, 1.165) is 12.3 Å². The number of hydrogen-bond donors (Lipinski definition) is 0. The van der Waals surface area contributed by atoms with Gasteiger partial charge in [0.05, 0.1) is 24.2 Å².